The second-order valence-electron chi connectivity index (χ2n) is 2.95. The van der Waals surface area contributed by atoms with Gasteiger partial charge in [-0.2, -0.15) is 0 Å². The molecule has 1 fully saturated rings. The lowest BCUT2D eigenvalue weighted by Gasteiger charge is -2.27. The van der Waals surface area contributed by atoms with Crippen molar-refractivity contribution in [2.75, 3.05) is 0 Å². The Hall–Kier alpha value is 0.690. The van der Waals surface area contributed by atoms with Crippen molar-refractivity contribution in [2.45, 2.75) is 36.2 Å². The Labute approximate surface area is 70.0 Å². The molecule has 0 heterocycles. The zero-order valence-corrected chi connectivity index (χ0v) is 7.84. The molecule has 3 atom stereocenters. The molecule has 0 amide bonds. The number of alkyl halides is 1. The molecular formula is C7H13IO. The molecule has 9 heavy (non-hydrogen) atoms. The monoisotopic (exact) mass is 240 g/mol. The summed E-state index contributed by atoms with van der Waals surface area (Å²) in [5.41, 5.74) is 0. The predicted octanol–water partition coefficient (Wildman–Crippen LogP) is 1.97. The summed E-state index contributed by atoms with van der Waals surface area (Å²) < 4.78 is 0.716. The van der Waals surface area contributed by atoms with E-state index in [-0.39, 0.29) is 6.10 Å². The van der Waals surface area contributed by atoms with Crippen molar-refractivity contribution in [1.82, 2.24) is 0 Å². The van der Waals surface area contributed by atoms with Crippen LogP contribution in [-0.2, 0) is 0 Å². The second kappa shape index (κ2) is 3.19. The van der Waals surface area contributed by atoms with Gasteiger partial charge >= 0.3 is 0 Å². The van der Waals surface area contributed by atoms with Gasteiger partial charge in [-0.15, -0.1) is 0 Å². The van der Waals surface area contributed by atoms with Gasteiger partial charge in [0.15, 0.2) is 0 Å². The minimum Gasteiger partial charge on any atom is -0.393 e. The van der Waals surface area contributed by atoms with Crippen LogP contribution in [0.25, 0.3) is 0 Å². The lowest BCUT2D eigenvalue weighted by molar-refractivity contribution is 0.0840. The van der Waals surface area contributed by atoms with Crippen molar-refractivity contribution >= 4 is 22.6 Å². The molecule has 0 saturated heterocycles. The number of aliphatic hydroxyl groups is 1. The van der Waals surface area contributed by atoms with E-state index < -0.39 is 0 Å². The van der Waals surface area contributed by atoms with E-state index in [2.05, 4.69) is 29.5 Å². The molecule has 1 nitrogen and oxygen atoms in total. The standard InChI is InChI=1S/C7H13IO/c1-5-2-3-6(8)4-7(5)9/h5-7,9H,2-4H2,1H3/t5-,6-,7+/m1/s1. The van der Waals surface area contributed by atoms with Gasteiger partial charge in [-0.05, 0) is 25.2 Å². The molecule has 0 aliphatic heterocycles. The maximum Gasteiger partial charge on any atom is 0.0575 e. The van der Waals surface area contributed by atoms with Gasteiger partial charge in [-0.3, -0.25) is 0 Å². The Morgan fingerprint density at radius 3 is 2.56 bits per heavy atom. The Balaban J connectivity index is 2.35. The summed E-state index contributed by atoms with van der Waals surface area (Å²) in [5.74, 6) is 0.538. The zero-order chi connectivity index (χ0) is 6.85. The first-order chi connectivity index (χ1) is 4.20. The van der Waals surface area contributed by atoms with Crippen molar-refractivity contribution in [3.63, 3.8) is 0 Å². The van der Waals surface area contributed by atoms with Crippen molar-refractivity contribution in [3.05, 3.63) is 0 Å². The van der Waals surface area contributed by atoms with E-state index in [4.69, 9.17) is 0 Å². The molecule has 0 unspecified atom stereocenters. The van der Waals surface area contributed by atoms with E-state index in [1.165, 1.54) is 12.8 Å². The number of rotatable bonds is 0. The number of hydrogen-bond acceptors (Lipinski definition) is 1. The summed E-state index contributed by atoms with van der Waals surface area (Å²) in [5, 5.41) is 9.34. The summed E-state index contributed by atoms with van der Waals surface area (Å²) in [4.78, 5) is 0. The average Bonchev–Trinajstić information content (AvgIpc) is 1.80. The Kier molecular flexibility index (Phi) is 2.76. The highest BCUT2D eigenvalue weighted by Gasteiger charge is 2.23. The fourth-order valence-electron chi connectivity index (χ4n) is 1.25. The first kappa shape index (κ1) is 7.79. The molecule has 1 aliphatic rings. The first-order valence-electron chi connectivity index (χ1n) is 3.52. The van der Waals surface area contributed by atoms with Crippen molar-refractivity contribution in [3.8, 4) is 0 Å². The summed E-state index contributed by atoms with van der Waals surface area (Å²) >= 11 is 2.42. The van der Waals surface area contributed by atoms with E-state index in [0.717, 1.165) is 6.42 Å². The lowest BCUT2D eigenvalue weighted by atomic mass is 9.88. The minimum atomic E-state index is -0.0272. The molecule has 0 radical (unpaired) electrons. The molecule has 1 N–H and O–H groups in total. The van der Waals surface area contributed by atoms with Crippen molar-refractivity contribution in [2.24, 2.45) is 5.92 Å². The van der Waals surface area contributed by atoms with Crippen LogP contribution in [0.15, 0.2) is 0 Å². The SMILES string of the molecule is C[C@@H]1CC[C@@H](I)C[C@@H]1O. The van der Waals surface area contributed by atoms with Gasteiger partial charge in [-0.1, -0.05) is 29.5 Å². The van der Waals surface area contributed by atoms with Crippen LogP contribution < -0.4 is 0 Å². The van der Waals surface area contributed by atoms with E-state index in [1.807, 2.05) is 0 Å². The zero-order valence-electron chi connectivity index (χ0n) is 5.68. The molecule has 0 aromatic rings. The molecule has 1 rings (SSSR count). The van der Waals surface area contributed by atoms with Crippen molar-refractivity contribution < 1.29 is 5.11 Å². The van der Waals surface area contributed by atoms with Gasteiger partial charge in [0, 0.05) is 3.92 Å². The molecule has 0 spiro atoms. The Morgan fingerprint density at radius 1 is 1.44 bits per heavy atom. The smallest absolute Gasteiger partial charge is 0.0575 e. The Morgan fingerprint density at radius 2 is 2.11 bits per heavy atom. The predicted molar refractivity (Wildman–Crippen MR) is 46.8 cm³/mol. The fourth-order valence-corrected chi connectivity index (χ4v) is 2.13. The van der Waals surface area contributed by atoms with Gasteiger partial charge in [0.05, 0.1) is 6.10 Å². The molecule has 0 aromatic carbocycles. The highest BCUT2D eigenvalue weighted by atomic mass is 127. The van der Waals surface area contributed by atoms with Crippen LogP contribution in [0.2, 0.25) is 0 Å². The molecule has 1 saturated carbocycles. The van der Waals surface area contributed by atoms with Crippen LogP contribution in [0.5, 0.6) is 0 Å². The highest BCUT2D eigenvalue weighted by molar-refractivity contribution is 14.1. The Bertz CT molecular complexity index is 94.9. The van der Waals surface area contributed by atoms with E-state index in [9.17, 15) is 5.11 Å². The molecule has 1 aliphatic carbocycles. The second-order valence-corrected chi connectivity index (χ2v) is 4.72. The van der Waals surface area contributed by atoms with Gasteiger partial charge in [0.25, 0.3) is 0 Å². The molecule has 54 valence electrons. The molecule has 0 bridgehead atoms. The van der Waals surface area contributed by atoms with Crippen LogP contribution in [0, 0.1) is 5.92 Å². The summed E-state index contributed by atoms with van der Waals surface area (Å²) in [7, 11) is 0. The third-order valence-corrected chi connectivity index (χ3v) is 3.22. The summed E-state index contributed by atoms with van der Waals surface area (Å²) in [6.45, 7) is 2.13. The van der Waals surface area contributed by atoms with Gasteiger partial charge in [-0.25, -0.2) is 0 Å². The number of aliphatic hydroxyl groups excluding tert-OH is 1. The van der Waals surface area contributed by atoms with E-state index >= 15 is 0 Å². The van der Waals surface area contributed by atoms with Crippen LogP contribution in [-0.4, -0.2) is 15.1 Å². The maximum atomic E-state index is 9.34. The summed E-state index contributed by atoms with van der Waals surface area (Å²) in [6.07, 6.45) is 3.47. The number of halogens is 1. The van der Waals surface area contributed by atoms with Crippen molar-refractivity contribution in [1.29, 1.82) is 0 Å². The largest absolute Gasteiger partial charge is 0.393 e. The van der Waals surface area contributed by atoms with Crippen LogP contribution in [0.4, 0.5) is 0 Å². The number of hydrogen-bond donors (Lipinski definition) is 1. The average molecular weight is 240 g/mol. The van der Waals surface area contributed by atoms with E-state index in [0.29, 0.717) is 9.84 Å². The van der Waals surface area contributed by atoms with Crippen LogP contribution >= 0.6 is 22.6 Å². The van der Waals surface area contributed by atoms with Gasteiger partial charge < -0.3 is 5.11 Å². The van der Waals surface area contributed by atoms with Crippen LogP contribution in [0.1, 0.15) is 26.2 Å². The first-order valence-corrected chi connectivity index (χ1v) is 4.77. The van der Waals surface area contributed by atoms with Crippen LogP contribution in [0.3, 0.4) is 0 Å². The fraction of sp³-hybridized carbons (Fsp3) is 1.00. The molecule has 0 aromatic heterocycles. The van der Waals surface area contributed by atoms with Gasteiger partial charge in [0.1, 0.15) is 0 Å². The molecular weight excluding hydrogens is 227 g/mol. The van der Waals surface area contributed by atoms with Gasteiger partial charge in [0.2, 0.25) is 0 Å². The topological polar surface area (TPSA) is 20.2 Å². The third kappa shape index (κ3) is 2.08. The maximum absolute atomic E-state index is 9.34. The molecule has 2 heteroatoms. The third-order valence-electron chi connectivity index (χ3n) is 2.09. The summed E-state index contributed by atoms with van der Waals surface area (Å²) in [6, 6.07) is 0. The highest BCUT2D eigenvalue weighted by Crippen LogP contribution is 2.28. The lowest BCUT2D eigenvalue weighted by Crippen LogP contribution is -2.27. The normalized spacial score (nSPS) is 45.0. The van der Waals surface area contributed by atoms with E-state index in [1.54, 1.807) is 0 Å². The quantitative estimate of drug-likeness (QED) is 0.507. The minimum absolute atomic E-state index is 0.0272.